The molecule has 2 aromatic carbocycles. The summed E-state index contributed by atoms with van der Waals surface area (Å²) in [4.78, 5) is 0. The van der Waals surface area contributed by atoms with Crippen LogP contribution >= 0.6 is 0 Å². The highest BCUT2D eigenvalue weighted by atomic mass is 14.9. The van der Waals surface area contributed by atoms with Crippen LogP contribution in [-0.4, -0.2) is 12.6 Å². The minimum absolute atomic E-state index is 0.0498. The van der Waals surface area contributed by atoms with Crippen molar-refractivity contribution in [3.63, 3.8) is 0 Å². The predicted octanol–water partition coefficient (Wildman–Crippen LogP) is 2.54. The summed E-state index contributed by atoms with van der Waals surface area (Å²) >= 11 is 0. The number of anilines is 1. The fourth-order valence-corrected chi connectivity index (χ4v) is 2.42. The molecule has 0 amide bonds. The van der Waals surface area contributed by atoms with Crippen LogP contribution in [0.2, 0.25) is 0 Å². The van der Waals surface area contributed by atoms with E-state index >= 15 is 0 Å². The highest BCUT2D eigenvalue weighted by Gasteiger charge is 2.13. The second-order valence-corrected chi connectivity index (χ2v) is 5.76. The van der Waals surface area contributed by atoms with Crippen LogP contribution in [0.5, 0.6) is 0 Å². The number of nitrogens with one attached hydrogen (secondary N) is 1. The first-order valence-corrected chi connectivity index (χ1v) is 7.73. The number of benzene rings is 2. The molecule has 4 heteroatoms. The molecule has 118 valence electrons. The van der Waals surface area contributed by atoms with Gasteiger partial charge in [0.1, 0.15) is 0 Å². The molecule has 0 aromatic heterocycles. The van der Waals surface area contributed by atoms with Crippen molar-refractivity contribution >= 4 is 5.69 Å². The minimum atomic E-state index is -0.0730. The van der Waals surface area contributed by atoms with Gasteiger partial charge in [-0.15, -0.1) is 0 Å². The first kappa shape index (κ1) is 16.5. The van der Waals surface area contributed by atoms with E-state index in [0.29, 0.717) is 6.54 Å². The van der Waals surface area contributed by atoms with Crippen molar-refractivity contribution in [3.8, 4) is 0 Å². The third kappa shape index (κ3) is 4.56. The molecule has 2 rings (SSSR count). The maximum Gasteiger partial charge on any atom is 0.0355 e. The van der Waals surface area contributed by atoms with E-state index in [4.69, 9.17) is 17.2 Å². The number of nitrogens with two attached hydrogens (primary N) is 3. The standard InChI is InChI=1S/C18H26N4/c1-13(12-19)22-16-9-7-15(8-10-16)18(21)11-17(20)14-5-3-2-4-6-14/h2-10,13,17-18,22H,11-12,19-21H2,1H3. The van der Waals surface area contributed by atoms with Gasteiger partial charge >= 0.3 is 0 Å². The van der Waals surface area contributed by atoms with Crippen molar-refractivity contribution in [2.45, 2.75) is 31.5 Å². The van der Waals surface area contributed by atoms with Gasteiger partial charge in [-0.05, 0) is 36.6 Å². The molecule has 0 aliphatic carbocycles. The third-order valence-corrected chi connectivity index (χ3v) is 3.84. The van der Waals surface area contributed by atoms with E-state index in [0.717, 1.165) is 23.2 Å². The van der Waals surface area contributed by atoms with Gasteiger partial charge in [-0.3, -0.25) is 0 Å². The predicted molar refractivity (Wildman–Crippen MR) is 93.5 cm³/mol. The number of hydrogen-bond acceptors (Lipinski definition) is 4. The zero-order valence-corrected chi connectivity index (χ0v) is 13.1. The third-order valence-electron chi connectivity index (χ3n) is 3.84. The zero-order valence-electron chi connectivity index (χ0n) is 13.1. The van der Waals surface area contributed by atoms with Crippen molar-refractivity contribution in [2.75, 3.05) is 11.9 Å². The molecule has 3 atom stereocenters. The van der Waals surface area contributed by atoms with Crippen LogP contribution < -0.4 is 22.5 Å². The Kier molecular flexibility index (Phi) is 5.95. The Hall–Kier alpha value is -1.88. The van der Waals surface area contributed by atoms with Crippen molar-refractivity contribution in [1.82, 2.24) is 0 Å². The van der Waals surface area contributed by atoms with E-state index in [2.05, 4.69) is 12.2 Å². The molecule has 0 aliphatic heterocycles. The largest absolute Gasteiger partial charge is 0.381 e. The molecular weight excluding hydrogens is 272 g/mol. The van der Waals surface area contributed by atoms with Crippen LogP contribution in [0.15, 0.2) is 54.6 Å². The fourth-order valence-electron chi connectivity index (χ4n) is 2.42. The lowest BCUT2D eigenvalue weighted by Gasteiger charge is -2.19. The van der Waals surface area contributed by atoms with Crippen molar-refractivity contribution in [3.05, 3.63) is 65.7 Å². The molecule has 7 N–H and O–H groups in total. The van der Waals surface area contributed by atoms with E-state index < -0.39 is 0 Å². The lowest BCUT2D eigenvalue weighted by atomic mass is 9.96. The van der Waals surface area contributed by atoms with Gasteiger partial charge in [-0.1, -0.05) is 42.5 Å². The molecule has 2 aromatic rings. The Balaban J connectivity index is 1.96. The second kappa shape index (κ2) is 7.94. The van der Waals surface area contributed by atoms with Crippen molar-refractivity contribution in [2.24, 2.45) is 17.2 Å². The van der Waals surface area contributed by atoms with Crippen LogP contribution in [0, 0.1) is 0 Å². The molecule has 0 aliphatic rings. The van der Waals surface area contributed by atoms with E-state index in [1.54, 1.807) is 0 Å². The molecule has 0 heterocycles. The van der Waals surface area contributed by atoms with Gasteiger partial charge in [0.25, 0.3) is 0 Å². The molecule has 0 bridgehead atoms. The van der Waals surface area contributed by atoms with E-state index in [9.17, 15) is 0 Å². The summed E-state index contributed by atoms with van der Waals surface area (Å²) in [6, 6.07) is 18.4. The smallest absolute Gasteiger partial charge is 0.0355 e. The van der Waals surface area contributed by atoms with Crippen molar-refractivity contribution < 1.29 is 0 Å². The number of rotatable bonds is 7. The van der Waals surface area contributed by atoms with Crippen molar-refractivity contribution in [1.29, 1.82) is 0 Å². The van der Waals surface area contributed by atoms with Gasteiger partial charge in [-0.2, -0.15) is 0 Å². The molecule has 0 radical (unpaired) electrons. The van der Waals surface area contributed by atoms with E-state index in [-0.39, 0.29) is 18.1 Å². The lowest BCUT2D eigenvalue weighted by molar-refractivity contribution is 0.557. The normalized spacial score (nSPS) is 15.1. The second-order valence-electron chi connectivity index (χ2n) is 5.76. The van der Waals surface area contributed by atoms with Crippen LogP contribution in [0.3, 0.4) is 0 Å². The highest BCUT2D eigenvalue weighted by molar-refractivity contribution is 5.46. The van der Waals surface area contributed by atoms with Crippen LogP contribution in [0.1, 0.15) is 36.6 Å². The average Bonchev–Trinajstić information content (AvgIpc) is 2.56. The Morgan fingerprint density at radius 1 is 0.864 bits per heavy atom. The maximum absolute atomic E-state index is 6.29. The highest BCUT2D eigenvalue weighted by Crippen LogP contribution is 2.24. The van der Waals surface area contributed by atoms with Gasteiger partial charge in [0, 0.05) is 30.4 Å². The molecule has 4 nitrogen and oxygen atoms in total. The van der Waals surface area contributed by atoms with Crippen LogP contribution in [0.25, 0.3) is 0 Å². The monoisotopic (exact) mass is 298 g/mol. The summed E-state index contributed by atoms with van der Waals surface area (Å²) in [7, 11) is 0. The molecule has 22 heavy (non-hydrogen) atoms. The average molecular weight is 298 g/mol. The molecule has 0 saturated carbocycles. The quantitative estimate of drug-likeness (QED) is 0.632. The van der Waals surface area contributed by atoms with Gasteiger partial charge < -0.3 is 22.5 Å². The Bertz CT molecular complexity index is 553. The van der Waals surface area contributed by atoms with Gasteiger partial charge in [-0.25, -0.2) is 0 Å². The minimum Gasteiger partial charge on any atom is -0.381 e. The van der Waals surface area contributed by atoms with E-state index in [1.807, 2.05) is 54.6 Å². The Labute approximate surface area is 132 Å². The van der Waals surface area contributed by atoms with Gasteiger partial charge in [0.2, 0.25) is 0 Å². The molecule has 0 spiro atoms. The van der Waals surface area contributed by atoms with Crippen LogP contribution in [0.4, 0.5) is 5.69 Å². The SMILES string of the molecule is CC(CN)Nc1ccc(C(N)CC(N)c2ccccc2)cc1. The molecule has 0 fully saturated rings. The van der Waals surface area contributed by atoms with E-state index in [1.165, 1.54) is 0 Å². The summed E-state index contributed by atoms with van der Waals surface area (Å²) in [6.45, 7) is 2.66. The molecular formula is C18H26N4. The first-order chi connectivity index (χ1) is 10.6. The number of hydrogen-bond donors (Lipinski definition) is 4. The summed E-state index contributed by atoms with van der Waals surface area (Å²) in [6.07, 6.45) is 0.718. The van der Waals surface area contributed by atoms with Crippen LogP contribution in [-0.2, 0) is 0 Å². The summed E-state index contributed by atoms with van der Waals surface area (Å²) in [5, 5.41) is 3.33. The Morgan fingerprint density at radius 2 is 1.41 bits per heavy atom. The summed E-state index contributed by atoms with van der Waals surface area (Å²) in [5.41, 5.74) is 21.4. The summed E-state index contributed by atoms with van der Waals surface area (Å²) in [5.74, 6) is 0. The maximum atomic E-state index is 6.29. The lowest BCUT2D eigenvalue weighted by Crippen LogP contribution is -2.25. The zero-order chi connectivity index (χ0) is 15.9. The topological polar surface area (TPSA) is 90.1 Å². The summed E-state index contributed by atoms with van der Waals surface area (Å²) < 4.78 is 0. The Morgan fingerprint density at radius 3 is 1.95 bits per heavy atom. The first-order valence-electron chi connectivity index (χ1n) is 7.73. The molecule has 0 saturated heterocycles. The molecule has 3 unspecified atom stereocenters. The van der Waals surface area contributed by atoms with Gasteiger partial charge in [0.15, 0.2) is 0 Å². The van der Waals surface area contributed by atoms with Gasteiger partial charge in [0.05, 0.1) is 0 Å². The fraction of sp³-hybridized carbons (Fsp3) is 0.333.